The lowest BCUT2D eigenvalue weighted by atomic mass is 10.0. The first-order valence-electron chi connectivity index (χ1n) is 11.3. The summed E-state index contributed by atoms with van der Waals surface area (Å²) in [6.45, 7) is 10.4. The molecule has 32 heavy (non-hydrogen) atoms. The Morgan fingerprint density at radius 1 is 0.875 bits per heavy atom. The highest BCUT2D eigenvalue weighted by Crippen LogP contribution is 2.33. The lowest BCUT2D eigenvalue weighted by Gasteiger charge is -2.40. The van der Waals surface area contributed by atoms with Crippen molar-refractivity contribution >= 4 is 0 Å². The predicted octanol–water partition coefficient (Wildman–Crippen LogP) is 2.97. The van der Waals surface area contributed by atoms with Crippen LogP contribution in [0.25, 0.3) is 0 Å². The monoisotopic (exact) mass is 434 g/mol. The molecule has 8 nitrogen and oxygen atoms in total. The smallest absolute Gasteiger partial charge is 0.231 e. The molecule has 0 aliphatic carbocycles. The first-order chi connectivity index (χ1) is 15.7. The van der Waals surface area contributed by atoms with Gasteiger partial charge in [-0.05, 0) is 39.6 Å². The zero-order valence-corrected chi connectivity index (χ0v) is 18.7. The van der Waals surface area contributed by atoms with Crippen LogP contribution in [0.1, 0.15) is 36.8 Å². The van der Waals surface area contributed by atoms with E-state index >= 15 is 0 Å². The molecule has 0 spiro atoms. The fourth-order valence-corrected chi connectivity index (χ4v) is 4.67. The van der Waals surface area contributed by atoms with Gasteiger partial charge in [-0.15, -0.1) is 5.10 Å². The summed E-state index contributed by atoms with van der Waals surface area (Å²) in [6, 6.07) is 16.8. The van der Waals surface area contributed by atoms with Crippen molar-refractivity contribution in [3.05, 3.63) is 65.5 Å². The molecule has 1 aromatic heterocycles. The van der Waals surface area contributed by atoms with Crippen LogP contribution in [-0.2, 0) is 13.1 Å². The molecule has 0 radical (unpaired) electrons. The lowest BCUT2D eigenvalue weighted by molar-refractivity contribution is 0.0664. The van der Waals surface area contributed by atoms with E-state index in [9.17, 15) is 0 Å². The zero-order valence-electron chi connectivity index (χ0n) is 18.7. The summed E-state index contributed by atoms with van der Waals surface area (Å²) in [5.41, 5.74) is 2.46. The van der Waals surface area contributed by atoms with E-state index in [0.29, 0.717) is 19.3 Å². The van der Waals surface area contributed by atoms with Crippen LogP contribution in [0.2, 0.25) is 0 Å². The molecular formula is C24H30N6O2. The van der Waals surface area contributed by atoms with Crippen LogP contribution in [0.4, 0.5) is 0 Å². The molecule has 0 N–H and O–H groups in total. The number of benzene rings is 2. The van der Waals surface area contributed by atoms with Gasteiger partial charge in [-0.1, -0.05) is 50.2 Å². The Labute approximate surface area is 188 Å². The number of nitrogens with zero attached hydrogens (tertiary/aromatic N) is 6. The van der Waals surface area contributed by atoms with Gasteiger partial charge in [0.25, 0.3) is 0 Å². The molecule has 8 heteroatoms. The Bertz CT molecular complexity index is 1030. The predicted molar refractivity (Wildman–Crippen MR) is 120 cm³/mol. The van der Waals surface area contributed by atoms with Gasteiger partial charge in [-0.3, -0.25) is 9.80 Å². The van der Waals surface area contributed by atoms with Gasteiger partial charge in [0.1, 0.15) is 0 Å². The number of fused-ring (bicyclic) bond motifs is 1. The second kappa shape index (κ2) is 9.26. The summed E-state index contributed by atoms with van der Waals surface area (Å²) < 4.78 is 12.9. The number of hydrogen-bond donors (Lipinski definition) is 0. The molecule has 2 aliphatic rings. The minimum Gasteiger partial charge on any atom is -0.454 e. The van der Waals surface area contributed by atoms with Gasteiger partial charge >= 0.3 is 0 Å². The fourth-order valence-electron chi connectivity index (χ4n) is 4.67. The number of ether oxygens (including phenoxy) is 2. The number of rotatable bonds is 7. The van der Waals surface area contributed by atoms with Crippen LogP contribution >= 0.6 is 0 Å². The fraction of sp³-hybridized carbons (Fsp3) is 0.458. The van der Waals surface area contributed by atoms with E-state index in [1.807, 2.05) is 16.8 Å². The van der Waals surface area contributed by atoms with Crippen molar-refractivity contribution in [1.82, 2.24) is 30.0 Å². The normalized spacial score (nSPS) is 17.7. The SMILES string of the molecule is CC(C)[C@@H](c1nnnn1Cc1ccccc1)N1CCN(Cc2ccc3c(c2)OCO3)CC1. The number of aromatic nitrogens is 4. The van der Waals surface area contributed by atoms with E-state index < -0.39 is 0 Å². The third-order valence-corrected chi connectivity index (χ3v) is 6.27. The molecule has 0 amide bonds. The summed E-state index contributed by atoms with van der Waals surface area (Å²) in [6.07, 6.45) is 0. The van der Waals surface area contributed by atoms with Crippen LogP contribution in [0.15, 0.2) is 48.5 Å². The standard InChI is InChI=1S/C24H30N6O2/c1-18(2)23(24-25-26-27-30(24)16-19-6-4-3-5-7-19)29-12-10-28(11-13-29)15-20-8-9-21-22(14-20)32-17-31-21/h3-9,14,18,23H,10-13,15-17H2,1-2H3/t23-/m0/s1. The Morgan fingerprint density at radius 2 is 1.66 bits per heavy atom. The minimum atomic E-state index is 0.196. The summed E-state index contributed by atoms with van der Waals surface area (Å²) in [7, 11) is 0. The number of hydrogen-bond acceptors (Lipinski definition) is 7. The lowest BCUT2D eigenvalue weighted by Crippen LogP contribution is -2.48. The Morgan fingerprint density at radius 3 is 2.44 bits per heavy atom. The average molecular weight is 435 g/mol. The number of piperazine rings is 1. The van der Waals surface area contributed by atoms with E-state index in [0.717, 1.165) is 50.0 Å². The molecule has 2 aliphatic heterocycles. The van der Waals surface area contributed by atoms with Crippen molar-refractivity contribution in [2.24, 2.45) is 5.92 Å². The van der Waals surface area contributed by atoms with Crippen molar-refractivity contribution < 1.29 is 9.47 Å². The molecule has 2 aromatic carbocycles. The molecule has 3 aromatic rings. The van der Waals surface area contributed by atoms with Crippen LogP contribution in [0, 0.1) is 5.92 Å². The van der Waals surface area contributed by atoms with E-state index in [1.165, 1.54) is 11.1 Å². The molecule has 1 fully saturated rings. The van der Waals surface area contributed by atoms with Crippen molar-refractivity contribution in [2.75, 3.05) is 33.0 Å². The van der Waals surface area contributed by atoms with Gasteiger partial charge in [0.2, 0.25) is 6.79 Å². The van der Waals surface area contributed by atoms with Crippen LogP contribution in [-0.4, -0.2) is 63.0 Å². The molecular weight excluding hydrogens is 404 g/mol. The van der Waals surface area contributed by atoms with Gasteiger partial charge in [0.05, 0.1) is 12.6 Å². The maximum absolute atomic E-state index is 5.53. The van der Waals surface area contributed by atoms with Crippen molar-refractivity contribution in [3.8, 4) is 11.5 Å². The van der Waals surface area contributed by atoms with Crippen molar-refractivity contribution in [2.45, 2.75) is 33.0 Å². The summed E-state index contributed by atoms with van der Waals surface area (Å²) in [4.78, 5) is 5.03. The molecule has 1 saturated heterocycles. The average Bonchev–Trinajstić information content (AvgIpc) is 3.45. The third-order valence-electron chi connectivity index (χ3n) is 6.27. The van der Waals surface area contributed by atoms with Gasteiger partial charge in [-0.2, -0.15) is 0 Å². The van der Waals surface area contributed by atoms with Crippen LogP contribution < -0.4 is 9.47 Å². The summed E-state index contributed by atoms with van der Waals surface area (Å²) >= 11 is 0. The molecule has 5 rings (SSSR count). The molecule has 0 unspecified atom stereocenters. The van der Waals surface area contributed by atoms with Gasteiger partial charge in [0.15, 0.2) is 17.3 Å². The molecule has 1 atom stereocenters. The first kappa shape index (κ1) is 20.9. The van der Waals surface area contributed by atoms with Gasteiger partial charge in [0, 0.05) is 32.7 Å². The Kier molecular flexibility index (Phi) is 6.05. The largest absolute Gasteiger partial charge is 0.454 e. The van der Waals surface area contributed by atoms with E-state index in [-0.39, 0.29) is 6.04 Å². The molecule has 3 heterocycles. The van der Waals surface area contributed by atoms with E-state index in [1.54, 1.807) is 0 Å². The van der Waals surface area contributed by atoms with Gasteiger partial charge in [-0.25, -0.2) is 4.68 Å². The van der Waals surface area contributed by atoms with Crippen molar-refractivity contribution in [1.29, 1.82) is 0 Å². The van der Waals surface area contributed by atoms with Crippen LogP contribution in [0.3, 0.4) is 0 Å². The summed E-state index contributed by atoms with van der Waals surface area (Å²) in [5.74, 6) is 3.06. The van der Waals surface area contributed by atoms with Gasteiger partial charge < -0.3 is 9.47 Å². The second-order valence-corrected chi connectivity index (χ2v) is 8.87. The Hall–Kier alpha value is -2.97. The molecule has 168 valence electrons. The topological polar surface area (TPSA) is 68.5 Å². The zero-order chi connectivity index (χ0) is 21.9. The Balaban J connectivity index is 1.24. The molecule has 0 saturated carbocycles. The highest BCUT2D eigenvalue weighted by molar-refractivity contribution is 5.44. The number of tetrazole rings is 1. The second-order valence-electron chi connectivity index (χ2n) is 8.87. The summed E-state index contributed by atoms with van der Waals surface area (Å²) in [5, 5.41) is 12.8. The first-order valence-corrected chi connectivity index (χ1v) is 11.3. The maximum atomic E-state index is 5.53. The van der Waals surface area contributed by atoms with Crippen molar-refractivity contribution in [3.63, 3.8) is 0 Å². The highest BCUT2D eigenvalue weighted by atomic mass is 16.7. The van der Waals surface area contributed by atoms with E-state index in [4.69, 9.17) is 9.47 Å². The third kappa shape index (κ3) is 4.47. The van der Waals surface area contributed by atoms with E-state index in [2.05, 4.69) is 75.6 Å². The highest BCUT2D eigenvalue weighted by Gasteiger charge is 2.31. The minimum absolute atomic E-state index is 0.196. The van der Waals surface area contributed by atoms with Crippen LogP contribution in [0.5, 0.6) is 11.5 Å². The maximum Gasteiger partial charge on any atom is 0.231 e. The molecule has 0 bridgehead atoms. The quantitative estimate of drug-likeness (QED) is 0.566.